The van der Waals surface area contributed by atoms with Crippen molar-refractivity contribution in [2.75, 3.05) is 11.9 Å². The van der Waals surface area contributed by atoms with Gasteiger partial charge in [0, 0.05) is 30.0 Å². The monoisotopic (exact) mass is 410 g/mol. The van der Waals surface area contributed by atoms with Crippen LogP contribution in [-0.4, -0.2) is 34.3 Å². The van der Waals surface area contributed by atoms with E-state index in [0.717, 1.165) is 16.0 Å². The predicted molar refractivity (Wildman–Crippen MR) is 108 cm³/mol. The quantitative estimate of drug-likeness (QED) is 0.685. The van der Waals surface area contributed by atoms with Crippen LogP contribution in [0.1, 0.15) is 38.2 Å². The van der Waals surface area contributed by atoms with Gasteiger partial charge >= 0.3 is 0 Å². The minimum Gasteiger partial charge on any atom is -0.365 e. The Hall–Kier alpha value is -3.46. The largest absolute Gasteiger partial charge is 0.365 e. The first-order valence-electron chi connectivity index (χ1n) is 8.97. The van der Waals surface area contributed by atoms with Gasteiger partial charge < -0.3 is 20.5 Å². The molecule has 29 heavy (non-hydrogen) atoms. The Labute approximate surface area is 170 Å². The van der Waals surface area contributed by atoms with Crippen LogP contribution >= 0.6 is 11.3 Å². The zero-order chi connectivity index (χ0) is 20.5. The van der Waals surface area contributed by atoms with Crippen LogP contribution in [0.4, 0.5) is 5.00 Å². The number of anilines is 1. The van der Waals surface area contributed by atoms with Crippen LogP contribution in [0.2, 0.25) is 0 Å². The van der Waals surface area contributed by atoms with Crippen molar-refractivity contribution in [2.24, 2.45) is 5.73 Å². The number of thiophene rings is 1. The van der Waals surface area contributed by atoms with E-state index >= 15 is 0 Å². The van der Waals surface area contributed by atoms with Gasteiger partial charge in [0.05, 0.1) is 12.1 Å². The van der Waals surface area contributed by atoms with Gasteiger partial charge in [-0.3, -0.25) is 14.4 Å². The van der Waals surface area contributed by atoms with E-state index in [2.05, 4.69) is 10.5 Å². The maximum atomic E-state index is 12.7. The third-order valence-electron chi connectivity index (χ3n) is 4.78. The molecule has 2 aromatic heterocycles. The summed E-state index contributed by atoms with van der Waals surface area (Å²) in [7, 11) is 0. The second-order valence-electron chi connectivity index (χ2n) is 6.66. The second kappa shape index (κ2) is 7.51. The molecule has 0 radical (unpaired) electrons. The lowest BCUT2D eigenvalue weighted by molar-refractivity contribution is -0.129. The van der Waals surface area contributed by atoms with E-state index in [-0.39, 0.29) is 11.6 Å². The lowest BCUT2D eigenvalue weighted by Crippen LogP contribution is -2.34. The molecular weight excluding hydrogens is 392 g/mol. The molecule has 0 atom stereocenters. The van der Waals surface area contributed by atoms with E-state index in [1.807, 2.05) is 30.3 Å². The third kappa shape index (κ3) is 3.64. The van der Waals surface area contributed by atoms with Gasteiger partial charge in [-0.05, 0) is 12.0 Å². The number of rotatable bonds is 4. The number of aromatic nitrogens is 1. The standard InChI is InChI=1S/C20H18N4O4S/c1-11(25)24-8-7-13-16(10-24)29-20(17(13)18(21)26)22-19(27)14-9-15(28-23-14)12-5-3-2-4-6-12/h2-6,9H,7-8,10H2,1H3,(H2,21,26)(H,22,27). The molecule has 4 rings (SSSR count). The highest BCUT2D eigenvalue weighted by atomic mass is 32.1. The van der Waals surface area contributed by atoms with Crippen LogP contribution in [0, 0.1) is 0 Å². The number of primary amides is 1. The van der Waals surface area contributed by atoms with Gasteiger partial charge in [0.2, 0.25) is 5.91 Å². The Morgan fingerprint density at radius 1 is 1.24 bits per heavy atom. The lowest BCUT2D eigenvalue weighted by Gasteiger charge is -2.25. The fraction of sp³-hybridized carbons (Fsp3) is 0.200. The molecule has 8 nitrogen and oxygen atoms in total. The van der Waals surface area contributed by atoms with Crippen molar-refractivity contribution in [3.8, 4) is 11.3 Å². The fourth-order valence-corrected chi connectivity index (χ4v) is 4.57. The van der Waals surface area contributed by atoms with Crippen LogP contribution in [0.5, 0.6) is 0 Å². The van der Waals surface area contributed by atoms with Gasteiger partial charge in [-0.1, -0.05) is 35.5 Å². The highest BCUT2D eigenvalue weighted by Crippen LogP contribution is 2.37. The zero-order valence-corrected chi connectivity index (χ0v) is 16.4. The summed E-state index contributed by atoms with van der Waals surface area (Å²) in [5, 5.41) is 6.92. The average Bonchev–Trinajstić information content (AvgIpc) is 3.32. The van der Waals surface area contributed by atoms with Crippen LogP contribution in [-0.2, 0) is 17.8 Å². The summed E-state index contributed by atoms with van der Waals surface area (Å²) in [5.41, 5.74) is 7.56. The Morgan fingerprint density at radius 3 is 2.69 bits per heavy atom. The number of carbonyl (C=O) groups excluding carboxylic acids is 3. The summed E-state index contributed by atoms with van der Waals surface area (Å²) in [6.07, 6.45) is 0.516. The van der Waals surface area contributed by atoms with Gasteiger partial charge in [-0.15, -0.1) is 11.3 Å². The predicted octanol–water partition coefficient (Wildman–Crippen LogP) is 2.66. The van der Waals surface area contributed by atoms with E-state index < -0.39 is 11.8 Å². The number of nitrogens with one attached hydrogen (secondary N) is 1. The highest BCUT2D eigenvalue weighted by Gasteiger charge is 2.29. The minimum absolute atomic E-state index is 0.0358. The maximum Gasteiger partial charge on any atom is 0.278 e. The summed E-state index contributed by atoms with van der Waals surface area (Å²) >= 11 is 1.25. The molecule has 0 saturated heterocycles. The van der Waals surface area contributed by atoms with Gasteiger partial charge in [-0.2, -0.15) is 0 Å². The fourth-order valence-electron chi connectivity index (χ4n) is 3.31. The molecule has 1 aliphatic rings. The van der Waals surface area contributed by atoms with E-state index in [1.54, 1.807) is 11.0 Å². The molecular formula is C20H18N4O4S. The van der Waals surface area contributed by atoms with Crippen LogP contribution in [0.3, 0.4) is 0 Å². The first-order chi connectivity index (χ1) is 13.9. The number of amides is 3. The molecule has 3 N–H and O–H groups in total. The first-order valence-corrected chi connectivity index (χ1v) is 9.79. The Morgan fingerprint density at radius 2 is 2.00 bits per heavy atom. The molecule has 9 heteroatoms. The van der Waals surface area contributed by atoms with Crippen molar-refractivity contribution in [3.63, 3.8) is 0 Å². The number of hydrogen-bond acceptors (Lipinski definition) is 6. The van der Waals surface area contributed by atoms with Crippen molar-refractivity contribution >= 4 is 34.1 Å². The van der Waals surface area contributed by atoms with E-state index in [0.29, 0.717) is 35.8 Å². The normalized spacial score (nSPS) is 13.1. The summed E-state index contributed by atoms with van der Waals surface area (Å²) in [6.45, 7) is 2.41. The molecule has 1 aromatic carbocycles. The number of hydrogen-bond donors (Lipinski definition) is 2. The van der Waals surface area contributed by atoms with E-state index in [9.17, 15) is 14.4 Å². The molecule has 0 fully saturated rings. The zero-order valence-electron chi connectivity index (χ0n) is 15.6. The lowest BCUT2D eigenvalue weighted by atomic mass is 10.0. The molecule has 1 aliphatic heterocycles. The van der Waals surface area contributed by atoms with E-state index in [4.69, 9.17) is 10.3 Å². The molecule has 0 unspecified atom stereocenters. The first kappa shape index (κ1) is 18.9. The topological polar surface area (TPSA) is 119 Å². The maximum absolute atomic E-state index is 12.7. The van der Waals surface area contributed by atoms with Crippen molar-refractivity contribution in [1.82, 2.24) is 10.1 Å². The summed E-state index contributed by atoms with van der Waals surface area (Å²) in [6, 6.07) is 10.8. The molecule has 3 amide bonds. The average molecular weight is 410 g/mol. The van der Waals surface area contributed by atoms with Crippen molar-refractivity contribution < 1.29 is 18.9 Å². The van der Waals surface area contributed by atoms with Crippen molar-refractivity contribution in [2.45, 2.75) is 19.9 Å². The van der Waals surface area contributed by atoms with Crippen LogP contribution in [0.15, 0.2) is 40.9 Å². The third-order valence-corrected chi connectivity index (χ3v) is 5.91. The van der Waals surface area contributed by atoms with Crippen LogP contribution in [0.25, 0.3) is 11.3 Å². The summed E-state index contributed by atoms with van der Waals surface area (Å²) in [5.74, 6) is -0.681. The Bertz CT molecular complexity index is 1100. The molecule has 0 spiro atoms. The molecule has 3 heterocycles. The molecule has 0 saturated carbocycles. The van der Waals surface area contributed by atoms with Crippen molar-refractivity contribution in [1.29, 1.82) is 0 Å². The molecule has 3 aromatic rings. The number of benzene rings is 1. The number of carbonyl (C=O) groups is 3. The number of nitrogens with two attached hydrogens (primary N) is 1. The second-order valence-corrected chi connectivity index (χ2v) is 7.76. The Balaban J connectivity index is 1.60. The smallest absolute Gasteiger partial charge is 0.278 e. The van der Waals surface area contributed by atoms with Gasteiger partial charge in [-0.25, -0.2) is 0 Å². The van der Waals surface area contributed by atoms with Gasteiger partial charge in [0.25, 0.3) is 11.8 Å². The summed E-state index contributed by atoms with van der Waals surface area (Å²) in [4.78, 5) is 38.9. The molecule has 0 aliphatic carbocycles. The number of nitrogens with zero attached hydrogens (tertiary/aromatic N) is 2. The van der Waals surface area contributed by atoms with E-state index in [1.165, 1.54) is 18.3 Å². The Kier molecular flexibility index (Phi) is 4.89. The van der Waals surface area contributed by atoms with Gasteiger partial charge in [0.1, 0.15) is 5.00 Å². The van der Waals surface area contributed by atoms with Crippen LogP contribution < -0.4 is 11.1 Å². The minimum atomic E-state index is -0.612. The molecule has 0 bridgehead atoms. The van der Waals surface area contributed by atoms with Gasteiger partial charge in [0.15, 0.2) is 11.5 Å². The number of fused-ring (bicyclic) bond motifs is 1. The summed E-state index contributed by atoms with van der Waals surface area (Å²) < 4.78 is 5.27. The van der Waals surface area contributed by atoms with Crippen molar-refractivity contribution in [3.05, 3.63) is 58.1 Å². The molecule has 148 valence electrons. The highest BCUT2D eigenvalue weighted by molar-refractivity contribution is 7.17. The SMILES string of the molecule is CC(=O)N1CCc2c(sc(NC(=O)c3cc(-c4ccccc4)on3)c2C(N)=O)C1.